The second-order valence-electron chi connectivity index (χ2n) is 3.18. The monoisotopic (exact) mass is 219 g/mol. The fourth-order valence-electron chi connectivity index (χ4n) is 1.32. The van der Waals surface area contributed by atoms with E-state index in [-0.39, 0.29) is 11.6 Å². The molecule has 2 N–H and O–H groups in total. The van der Waals surface area contributed by atoms with Crippen LogP contribution in [-0.4, -0.2) is 22.1 Å². The molecule has 0 atom stereocenters. The molecule has 2 rings (SSSR count). The van der Waals surface area contributed by atoms with E-state index in [0.717, 1.165) is 0 Å². The van der Waals surface area contributed by atoms with Crippen LogP contribution in [-0.2, 0) is 0 Å². The molecule has 0 aliphatic carbocycles. The zero-order valence-corrected chi connectivity index (χ0v) is 8.61. The summed E-state index contributed by atoms with van der Waals surface area (Å²) in [5.41, 5.74) is 1.01. The molecule has 0 spiro atoms. The van der Waals surface area contributed by atoms with Gasteiger partial charge in [-0.05, 0) is 24.3 Å². The van der Waals surface area contributed by atoms with E-state index >= 15 is 0 Å². The van der Waals surface area contributed by atoms with Crippen molar-refractivity contribution in [2.24, 2.45) is 0 Å². The van der Waals surface area contributed by atoms with Crippen LogP contribution in [0.2, 0.25) is 0 Å². The van der Waals surface area contributed by atoms with Crippen LogP contribution < -0.4 is 5.32 Å². The zero-order valence-electron chi connectivity index (χ0n) is 8.61. The Balaban J connectivity index is 2.50. The Hall–Kier alpha value is -2.17. The molecule has 1 aromatic carbocycles. The standard InChI is InChI=1S/C11H10FN3O/c1-13-11-14-6-9(16)10(15-11)7-2-4-8(12)5-3-7/h2-6,16H,1H3,(H,13,14,15). The van der Waals surface area contributed by atoms with Crippen molar-refractivity contribution in [1.82, 2.24) is 9.97 Å². The number of rotatable bonds is 2. The maximum atomic E-state index is 12.7. The summed E-state index contributed by atoms with van der Waals surface area (Å²) in [4.78, 5) is 7.95. The first kappa shape index (κ1) is 10.4. The molecule has 0 saturated carbocycles. The predicted octanol–water partition coefficient (Wildman–Crippen LogP) is 2.03. The number of nitrogens with one attached hydrogen (secondary N) is 1. The Bertz CT molecular complexity index is 499. The molecule has 0 bridgehead atoms. The van der Waals surface area contributed by atoms with Gasteiger partial charge < -0.3 is 10.4 Å². The highest BCUT2D eigenvalue weighted by molar-refractivity contribution is 5.66. The van der Waals surface area contributed by atoms with E-state index in [1.165, 1.54) is 18.3 Å². The Kier molecular flexibility index (Phi) is 2.68. The maximum Gasteiger partial charge on any atom is 0.223 e. The number of hydrogen-bond donors (Lipinski definition) is 2. The number of hydrogen-bond acceptors (Lipinski definition) is 4. The number of nitrogens with zero attached hydrogens (tertiary/aromatic N) is 2. The molecule has 0 aliphatic heterocycles. The third kappa shape index (κ3) is 1.93. The molecular weight excluding hydrogens is 209 g/mol. The Morgan fingerprint density at radius 1 is 1.25 bits per heavy atom. The number of aromatic nitrogens is 2. The summed E-state index contributed by atoms with van der Waals surface area (Å²) < 4.78 is 12.7. The van der Waals surface area contributed by atoms with Crippen molar-refractivity contribution in [3.63, 3.8) is 0 Å². The van der Waals surface area contributed by atoms with E-state index in [0.29, 0.717) is 17.2 Å². The van der Waals surface area contributed by atoms with Gasteiger partial charge in [0, 0.05) is 12.6 Å². The molecule has 1 heterocycles. The van der Waals surface area contributed by atoms with Crippen molar-refractivity contribution in [2.75, 3.05) is 12.4 Å². The first-order valence-corrected chi connectivity index (χ1v) is 4.70. The summed E-state index contributed by atoms with van der Waals surface area (Å²) >= 11 is 0. The van der Waals surface area contributed by atoms with Crippen LogP contribution in [0.15, 0.2) is 30.5 Å². The molecule has 16 heavy (non-hydrogen) atoms. The van der Waals surface area contributed by atoms with Gasteiger partial charge in [-0.2, -0.15) is 0 Å². The minimum absolute atomic E-state index is 0.0365. The van der Waals surface area contributed by atoms with E-state index in [1.54, 1.807) is 19.2 Å². The predicted molar refractivity (Wildman–Crippen MR) is 58.6 cm³/mol. The van der Waals surface area contributed by atoms with Crippen LogP contribution in [0.3, 0.4) is 0 Å². The van der Waals surface area contributed by atoms with Gasteiger partial charge in [0.15, 0.2) is 5.75 Å². The minimum atomic E-state index is -0.328. The third-order valence-electron chi connectivity index (χ3n) is 2.11. The minimum Gasteiger partial charge on any atom is -0.504 e. The van der Waals surface area contributed by atoms with Gasteiger partial charge in [0.2, 0.25) is 5.95 Å². The molecule has 0 amide bonds. The van der Waals surface area contributed by atoms with Gasteiger partial charge in [0.1, 0.15) is 11.5 Å². The largest absolute Gasteiger partial charge is 0.504 e. The lowest BCUT2D eigenvalue weighted by Crippen LogP contribution is -1.97. The van der Waals surface area contributed by atoms with E-state index in [9.17, 15) is 9.50 Å². The van der Waals surface area contributed by atoms with Gasteiger partial charge in [-0.25, -0.2) is 14.4 Å². The second-order valence-corrected chi connectivity index (χ2v) is 3.18. The number of halogens is 1. The summed E-state index contributed by atoms with van der Waals surface area (Å²) in [5.74, 6) is 0.0360. The van der Waals surface area contributed by atoms with Crippen molar-refractivity contribution in [3.8, 4) is 17.0 Å². The van der Waals surface area contributed by atoms with E-state index in [1.807, 2.05) is 0 Å². The van der Waals surface area contributed by atoms with Crippen LogP contribution in [0.4, 0.5) is 10.3 Å². The van der Waals surface area contributed by atoms with Crippen molar-refractivity contribution in [3.05, 3.63) is 36.3 Å². The highest BCUT2D eigenvalue weighted by Gasteiger charge is 2.07. The molecule has 82 valence electrons. The number of benzene rings is 1. The van der Waals surface area contributed by atoms with Crippen LogP contribution in [0, 0.1) is 5.82 Å². The molecule has 0 fully saturated rings. The first-order valence-electron chi connectivity index (χ1n) is 4.70. The van der Waals surface area contributed by atoms with E-state index in [4.69, 9.17) is 0 Å². The van der Waals surface area contributed by atoms with Gasteiger partial charge in [-0.1, -0.05) is 0 Å². The van der Waals surface area contributed by atoms with Crippen molar-refractivity contribution in [2.45, 2.75) is 0 Å². The normalized spacial score (nSPS) is 10.1. The smallest absolute Gasteiger partial charge is 0.223 e. The van der Waals surface area contributed by atoms with E-state index in [2.05, 4.69) is 15.3 Å². The Morgan fingerprint density at radius 2 is 1.94 bits per heavy atom. The maximum absolute atomic E-state index is 12.7. The van der Waals surface area contributed by atoms with Gasteiger partial charge in [-0.15, -0.1) is 0 Å². The van der Waals surface area contributed by atoms with Gasteiger partial charge in [0.05, 0.1) is 6.20 Å². The molecule has 5 heteroatoms. The van der Waals surface area contributed by atoms with Crippen LogP contribution in [0.25, 0.3) is 11.3 Å². The number of anilines is 1. The molecule has 0 unspecified atom stereocenters. The topological polar surface area (TPSA) is 58.0 Å². The van der Waals surface area contributed by atoms with E-state index < -0.39 is 0 Å². The van der Waals surface area contributed by atoms with Crippen molar-refractivity contribution < 1.29 is 9.50 Å². The lowest BCUT2D eigenvalue weighted by molar-refractivity contribution is 0.472. The SMILES string of the molecule is CNc1ncc(O)c(-c2ccc(F)cc2)n1. The Morgan fingerprint density at radius 3 is 2.56 bits per heavy atom. The fraction of sp³-hybridized carbons (Fsp3) is 0.0909. The number of aromatic hydroxyl groups is 1. The average molecular weight is 219 g/mol. The van der Waals surface area contributed by atoms with Gasteiger partial charge in [0.25, 0.3) is 0 Å². The van der Waals surface area contributed by atoms with Crippen molar-refractivity contribution >= 4 is 5.95 Å². The lowest BCUT2D eigenvalue weighted by atomic mass is 10.1. The van der Waals surface area contributed by atoms with Gasteiger partial charge >= 0.3 is 0 Å². The third-order valence-corrected chi connectivity index (χ3v) is 2.11. The highest BCUT2D eigenvalue weighted by Crippen LogP contribution is 2.26. The van der Waals surface area contributed by atoms with Crippen molar-refractivity contribution in [1.29, 1.82) is 0 Å². The summed E-state index contributed by atoms with van der Waals surface area (Å²) in [6.07, 6.45) is 1.30. The average Bonchev–Trinajstić information content (AvgIpc) is 2.31. The van der Waals surface area contributed by atoms with Crippen LogP contribution in [0.5, 0.6) is 5.75 Å². The summed E-state index contributed by atoms with van der Waals surface area (Å²) in [7, 11) is 1.68. The molecule has 1 aromatic heterocycles. The first-order chi connectivity index (χ1) is 7.70. The van der Waals surface area contributed by atoms with Crippen LogP contribution >= 0.6 is 0 Å². The molecular formula is C11H10FN3O. The molecule has 4 nitrogen and oxygen atoms in total. The highest BCUT2D eigenvalue weighted by atomic mass is 19.1. The zero-order chi connectivity index (χ0) is 11.5. The van der Waals surface area contributed by atoms with Gasteiger partial charge in [-0.3, -0.25) is 0 Å². The quantitative estimate of drug-likeness (QED) is 0.811. The molecule has 0 radical (unpaired) electrons. The summed E-state index contributed by atoms with van der Waals surface area (Å²) in [6, 6.07) is 5.74. The fourth-order valence-corrected chi connectivity index (χ4v) is 1.32. The molecule has 2 aromatic rings. The lowest BCUT2D eigenvalue weighted by Gasteiger charge is -2.05. The second kappa shape index (κ2) is 4.14. The molecule has 0 aliphatic rings. The Labute approximate surface area is 91.8 Å². The summed E-state index contributed by atoms with van der Waals surface area (Å²) in [5, 5.41) is 12.4. The molecule has 0 saturated heterocycles. The van der Waals surface area contributed by atoms with Crippen LogP contribution in [0.1, 0.15) is 0 Å². The summed E-state index contributed by atoms with van der Waals surface area (Å²) in [6.45, 7) is 0.